The molecule has 1 atom stereocenters. The maximum Gasteiger partial charge on any atom is 0.217 e. The average Bonchev–Trinajstić information content (AvgIpc) is 1.97. The van der Waals surface area contributed by atoms with E-state index in [1.54, 1.807) is 6.92 Å². The van der Waals surface area contributed by atoms with Crippen LogP contribution in [0.25, 0.3) is 0 Å². The largest absolute Gasteiger partial charge is 0.353 e. The van der Waals surface area contributed by atoms with Crippen molar-refractivity contribution in [2.24, 2.45) is 0 Å². The van der Waals surface area contributed by atoms with Gasteiger partial charge in [0.2, 0.25) is 5.91 Å². The zero-order chi connectivity index (χ0) is 9.40. The molecular weight excluding hydrogens is 170 g/mol. The van der Waals surface area contributed by atoms with Crippen molar-refractivity contribution in [1.82, 2.24) is 5.32 Å². The minimum absolute atomic E-state index is 0.0681. The second-order valence-electron chi connectivity index (χ2n) is 3.03. The van der Waals surface area contributed by atoms with Gasteiger partial charge in [0.1, 0.15) is 0 Å². The number of thioether (sulfide) groups is 1. The van der Waals surface area contributed by atoms with E-state index in [0.29, 0.717) is 6.04 Å². The number of carbonyl (C=O) groups excluding carboxylic acids is 1. The predicted octanol–water partition coefficient (Wildman–Crippen LogP) is 2.04. The zero-order valence-electron chi connectivity index (χ0n) is 8.22. The monoisotopic (exact) mass is 189 g/mol. The smallest absolute Gasteiger partial charge is 0.217 e. The van der Waals surface area contributed by atoms with Crippen LogP contribution in [0.5, 0.6) is 0 Å². The lowest BCUT2D eigenvalue weighted by Gasteiger charge is -2.11. The number of rotatable bonds is 6. The first kappa shape index (κ1) is 11.8. The molecule has 0 aliphatic carbocycles. The van der Waals surface area contributed by atoms with Crippen LogP contribution in [0, 0.1) is 0 Å². The molecule has 2 nitrogen and oxygen atoms in total. The summed E-state index contributed by atoms with van der Waals surface area (Å²) < 4.78 is 0. The molecule has 1 N–H and O–H groups in total. The van der Waals surface area contributed by atoms with E-state index in [4.69, 9.17) is 0 Å². The van der Waals surface area contributed by atoms with Crippen LogP contribution in [0.2, 0.25) is 0 Å². The van der Waals surface area contributed by atoms with Crippen LogP contribution in [0.3, 0.4) is 0 Å². The first-order valence-electron chi connectivity index (χ1n) is 4.51. The van der Waals surface area contributed by atoms with Crippen LogP contribution in [0.15, 0.2) is 0 Å². The van der Waals surface area contributed by atoms with Gasteiger partial charge in [-0.3, -0.25) is 4.79 Å². The fourth-order valence-corrected chi connectivity index (χ4v) is 1.99. The van der Waals surface area contributed by atoms with Crippen LogP contribution < -0.4 is 5.32 Å². The minimum atomic E-state index is 0.0681. The number of amides is 1. The third kappa shape index (κ3) is 7.92. The summed E-state index contributed by atoms with van der Waals surface area (Å²) in [6, 6.07) is 0.310. The molecule has 0 radical (unpaired) electrons. The van der Waals surface area contributed by atoms with Crippen LogP contribution >= 0.6 is 11.8 Å². The lowest BCUT2D eigenvalue weighted by Crippen LogP contribution is -2.32. The Morgan fingerprint density at radius 2 is 2.25 bits per heavy atom. The molecular formula is C9H19NOS. The Kier molecular flexibility index (Phi) is 7.36. The molecule has 0 fully saturated rings. The van der Waals surface area contributed by atoms with Crippen molar-refractivity contribution in [3.63, 3.8) is 0 Å². The Morgan fingerprint density at radius 3 is 2.75 bits per heavy atom. The van der Waals surface area contributed by atoms with Crippen LogP contribution in [0.1, 0.15) is 33.6 Å². The fourth-order valence-electron chi connectivity index (χ4n) is 0.895. The van der Waals surface area contributed by atoms with Gasteiger partial charge in [0.25, 0.3) is 0 Å². The van der Waals surface area contributed by atoms with Gasteiger partial charge >= 0.3 is 0 Å². The van der Waals surface area contributed by atoms with Gasteiger partial charge in [0.05, 0.1) is 0 Å². The molecule has 12 heavy (non-hydrogen) atoms. The minimum Gasteiger partial charge on any atom is -0.353 e. The average molecular weight is 189 g/mol. The van der Waals surface area contributed by atoms with Gasteiger partial charge in [0, 0.05) is 18.7 Å². The second kappa shape index (κ2) is 7.47. The Morgan fingerprint density at radius 1 is 1.58 bits per heavy atom. The van der Waals surface area contributed by atoms with Gasteiger partial charge in [-0.15, -0.1) is 0 Å². The van der Waals surface area contributed by atoms with Gasteiger partial charge in [-0.05, 0) is 19.1 Å². The van der Waals surface area contributed by atoms with E-state index in [2.05, 4.69) is 12.2 Å². The van der Waals surface area contributed by atoms with Crippen molar-refractivity contribution in [3.8, 4) is 0 Å². The van der Waals surface area contributed by atoms with E-state index in [1.165, 1.54) is 18.6 Å². The summed E-state index contributed by atoms with van der Waals surface area (Å²) in [4.78, 5) is 10.6. The molecule has 0 spiro atoms. The standard InChI is InChI=1S/C9H19NOS/c1-4-5-6-12-7-8(2)10-9(3)11/h8H,4-7H2,1-3H3,(H,10,11). The number of unbranched alkanes of at least 4 members (excludes halogenated alkanes) is 1. The van der Waals surface area contributed by atoms with Gasteiger partial charge in [-0.1, -0.05) is 13.3 Å². The predicted molar refractivity (Wildman–Crippen MR) is 55.5 cm³/mol. The maximum absolute atomic E-state index is 10.6. The molecule has 0 bridgehead atoms. The summed E-state index contributed by atoms with van der Waals surface area (Å²) in [5, 5.41) is 2.86. The molecule has 0 aliphatic rings. The third-order valence-corrected chi connectivity index (χ3v) is 2.77. The molecule has 0 heterocycles. The van der Waals surface area contributed by atoms with Crippen molar-refractivity contribution >= 4 is 17.7 Å². The quantitative estimate of drug-likeness (QED) is 0.648. The maximum atomic E-state index is 10.6. The first-order chi connectivity index (χ1) is 5.66. The van der Waals surface area contributed by atoms with E-state index in [9.17, 15) is 4.79 Å². The molecule has 1 unspecified atom stereocenters. The normalized spacial score (nSPS) is 12.6. The fraction of sp³-hybridized carbons (Fsp3) is 0.889. The Bertz CT molecular complexity index is 128. The molecule has 0 aromatic carbocycles. The highest BCUT2D eigenvalue weighted by Gasteiger charge is 2.01. The van der Waals surface area contributed by atoms with Crippen LogP contribution in [-0.4, -0.2) is 23.5 Å². The molecule has 3 heteroatoms. The summed E-state index contributed by atoms with van der Waals surface area (Å²) in [5.41, 5.74) is 0. The van der Waals surface area contributed by atoms with E-state index >= 15 is 0 Å². The Hall–Kier alpha value is -0.180. The SMILES string of the molecule is CCCCSCC(C)NC(C)=O. The molecule has 0 aliphatic heterocycles. The zero-order valence-corrected chi connectivity index (χ0v) is 9.04. The second-order valence-corrected chi connectivity index (χ2v) is 4.18. The molecule has 0 rings (SSSR count). The third-order valence-electron chi connectivity index (χ3n) is 1.46. The van der Waals surface area contributed by atoms with Crippen molar-refractivity contribution in [1.29, 1.82) is 0 Å². The van der Waals surface area contributed by atoms with Crippen molar-refractivity contribution < 1.29 is 4.79 Å². The lowest BCUT2D eigenvalue weighted by atomic mass is 10.4. The number of nitrogens with one attached hydrogen (secondary N) is 1. The van der Waals surface area contributed by atoms with Crippen molar-refractivity contribution in [2.45, 2.75) is 39.7 Å². The molecule has 72 valence electrons. The highest BCUT2D eigenvalue weighted by atomic mass is 32.2. The van der Waals surface area contributed by atoms with Gasteiger partial charge in [-0.2, -0.15) is 11.8 Å². The summed E-state index contributed by atoms with van der Waals surface area (Å²) in [7, 11) is 0. The summed E-state index contributed by atoms with van der Waals surface area (Å²) in [6.07, 6.45) is 2.53. The molecule has 1 amide bonds. The summed E-state index contributed by atoms with van der Waals surface area (Å²) >= 11 is 1.91. The van der Waals surface area contributed by atoms with Gasteiger partial charge < -0.3 is 5.32 Å². The topological polar surface area (TPSA) is 29.1 Å². The van der Waals surface area contributed by atoms with Crippen LogP contribution in [-0.2, 0) is 4.79 Å². The number of carbonyl (C=O) groups is 1. The summed E-state index contributed by atoms with van der Waals surface area (Å²) in [5.74, 6) is 2.30. The Labute approximate surface area is 79.5 Å². The molecule has 0 saturated heterocycles. The Balaban J connectivity index is 3.19. The molecule has 0 saturated carbocycles. The van der Waals surface area contributed by atoms with E-state index < -0.39 is 0 Å². The number of hydrogen-bond donors (Lipinski definition) is 1. The van der Waals surface area contributed by atoms with Crippen LogP contribution in [0.4, 0.5) is 0 Å². The molecule has 0 aromatic rings. The van der Waals surface area contributed by atoms with E-state index in [-0.39, 0.29) is 5.91 Å². The highest BCUT2D eigenvalue weighted by Crippen LogP contribution is 2.05. The first-order valence-corrected chi connectivity index (χ1v) is 5.67. The van der Waals surface area contributed by atoms with Gasteiger partial charge in [-0.25, -0.2) is 0 Å². The number of hydrogen-bond acceptors (Lipinski definition) is 2. The molecule has 0 aromatic heterocycles. The van der Waals surface area contributed by atoms with E-state index in [0.717, 1.165) is 5.75 Å². The van der Waals surface area contributed by atoms with Crippen molar-refractivity contribution in [3.05, 3.63) is 0 Å². The summed E-state index contributed by atoms with van der Waals surface area (Å²) in [6.45, 7) is 5.80. The van der Waals surface area contributed by atoms with Crippen molar-refractivity contribution in [2.75, 3.05) is 11.5 Å². The van der Waals surface area contributed by atoms with Gasteiger partial charge in [0.15, 0.2) is 0 Å². The lowest BCUT2D eigenvalue weighted by molar-refractivity contribution is -0.119. The van der Waals surface area contributed by atoms with E-state index in [1.807, 2.05) is 18.7 Å². The highest BCUT2D eigenvalue weighted by molar-refractivity contribution is 7.99.